The molecule has 0 aliphatic rings. The quantitative estimate of drug-likeness (QED) is 0.862. The second-order valence-corrected chi connectivity index (χ2v) is 4.26. The lowest BCUT2D eigenvalue weighted by molar-refractivity contribution is 0.519. The third-order valence-electron chi connectivity index (χ3n) is 2.35. The number of rotatable bonds is 4. The lowest BCUT2D eigenvalue weighted by atomic mass is 9.97. The average molecular weight is 242 g/mol. The Hall–Kier alpha value is -0.340. The molecule has 1 aromatic rings. The van der Waals surface area contributed by atoms with E-state index >= 15 is 0 Å². The van der Waals surface area contributed by atoms with E-state index in [4.69, 9.17) is 5.73 Å². The molecule has 0 spiro atoms. The van der Waals surface area contributed by atoms with Crippen LogP contribution < -0.4 is 5.73 Å². The van der Waals surface area contributed by atoms with Gasteiger partial charge in [0.05, 0.1) is 0 Å². The first kappa shape index (κ1) is 10.7. The van der Waals surface area contributed by atoms with Crippen LogP contribution in [0.15, 0.2) is 28.7 Å². The van der Waals surface area contributed by atoms with Gasteiger partial charge in [0.25, 0.3) is 0 Å². The van der Waals surface area contributed by atoms with E-state index in [2.05, 4.69) is 47.1 Å². The molecule has 0 fully saturated rings. The molecule has 0 radical (unpaired) electrons. The summed E-state index contributed by atoms with van der Waals surface area (Å²) in [5.74, 6) is 0.626. The fourth-order valence-electron chi connectivity index (χ4n) is 1.35. The van der Waals surface area contributed by atoms with Crippen LogP contribution in [0.2, 0.25) is 0 Å². The van der Waals surface area contributed by atoms with Gasteiger partial charge < -0.3 is 5.73 Å². The van der Waals surface area contributed by atoms with Crippen LogP contribution in [0.5, 0.6) is 0 Å². The Bertz CT molecular complexity index is 239. The van der Waals surface area contributed by atoms with Gasteiger partial charge in [-0.3, -0.25) is 0 Å². The van der Waals surface area contributed by atoms with Crippen LogP contribution >= 0.6 is 15.9 Å². The normalized spacial score (nSPS) is 12.8. The first-order valence-corrected chi connectivity index (χ1v) is 5.50. The van der Waals surface area contributed by atoms with Crippen molar-refractivity contribution in [1.29, 1.82) is 0 Å². The molecule has 0 saturated heterocycles. The lowest BCUT2D eigenvalue weighted by Crippen LogP contribution is -2.15. The van der Waals surface area contributed by atoms with Crippen LogP contribution in [-0.4, -0.2) is 6.54 Å². The highest BCUT2D eigenvalue weighted by molar-refractivity contribution is 9.10. The molecule has 1 atom stereocenters. The fourth-order valence-corrected chi connectivity index (χ4v) is 1.61. The van der Waals surface area contributed by atoms with Gasteiger partial charge in [0.1, 0.15) is 0 Å². The summed E-state index contributed by atoms with van der Waals surface area (Å²) in [5, 5.41) is 0. The first-order valence-electron chi connectivity index (χ1n) is 4.70. The topological polar surface area (TPSA) is 26.0 Å². The largest absolute Gasteiger partial charge is 0.330 e. The molecule has 0 aromatic heterocycles. The molecule has 1 nitrogen and oxygen atoms in total. The van der Waals surface area contributed by atoms with Gasteiger partial charge in [0.15, 0.2) is 0 Å². The molecule has 0 heterocycles. The maximum atomic E-state index is 5.65. The van der Waals surface area contributed by atoms with Gasteiger partial charge in [-0.25, -0.2) is 0 Å². The van der Waals surface area contributed by atoms with Crippen LogP contribution in [0.1, 0.15) is 18.9 Å². The van der Waals surface area contributed by atoms with Crippen molar-refractivity contribution in [3.8, 4) is 0 Å². The number of hydrogen-bond acceptors (Lipinski definition) is 1. The van der Waals surface area contributed by atoms with E-state index in [1.807, 2.05) is 0 Å². The van der Waals surface area contributed by atoms with Gasteiger partial charge in [-0.15, -0.1) is 0 Å². The zero-order chi connectivity index (χ0) is 9.68. The minimum Gasteiger partial charge on any atom is -0.330 e. The van der Waals surface area contributed by atoms with Crippen molar-refractivity contribution < 1.29 is 0 Å². The fraction of sp³-hybridized carbons (Fsp3) is 0.455. The van der Waals surface area contributed by atoms with Crippen molar-refractivity contribution in [1.82, 2.24) is 0 Å². The van der Waals surface area contributed by atoms with E-state index in [1.54, 1.807) is 0 Å². The standard InChI is InChI=1S/C11H16BrN/c1-2-9(8-13)7-10-3-5-11(12)6-4-10/h3-6,9H,2,7-8,13H2,1H3/t9-/m0/s1. The van der Waals surface area contributed by atoms with Gasteiger partial charge in [0, 0.05) is 4.47 Å². The molecule has 0 bridgehead atoms. The molecular formula is C11H16BrN. The zero-order valence-corrected chi connectivity index (χ0v) is 9.55. The molecule has 72 valence electrons. The summed E-state index contributed by atoms with van der Waals surface area (Å²) in [6.45, 7) is 2.98. The molecule has 1 aromatic carbocycles. The Morgan fingerprint density at radius 3 is 2.38 bits per heavy atom. The Labute approximate surface area is 88.5 Å². The van der Waals surface area contributed by atoms with Crippen LogP contribution in [0.25, 0.3) is 0 Å². The summed E-state index contributed by atoms with van der Waals surface area (Å²) < 4.78 is 1.14. The number of benzene rings is 1. The minimum absolute atomic E-state index is 0.626. The summed E-state index contributed by atoms with van der Waals surface area (Å²) in [5.41, 5.74) is 7.03. The van der Waals surface area contributed by atoms with E-state index in [0.717, 1.165) is 23.9 Å². The van der Waals surface area contributed by atoms with Crippen LogP contribution in [0.4, 0.5) is 0 Å². The van der Waals surface area contributed by atoms with Gasteiger partial charge in [0.2, 0.25) is 0 Å². The SMILES string of the molecule is CC[C@H](CN)Cc1ccc(Br)cc1. The molecular weight excluding hydrogens is 226 g/mol. The first-order chi connectivity index (χ1) is 6.26. The van der Waals surface area contributed by atoms with Crippen molar-refractivity contribution in [3.63, 3.8) is 0 Å². The van der Waals surface area contributed by atoms with Crippen molar-refractivity contribution >= 4 is 15.9 Å². The van der Waals surface area contributed by atoms with E-state index in [-0.39, 0.29) is 0 Å². The second-order valence-electron chi connectivity index (χ2n) is 3.34. The lowest BCUT2D eigenvalue weighted by Gasteiger charge is -2.11. The Balaban J connectivity index is 2.58. The predicted molar refractivity (Wildman–Crippen MR) is 60.7 cm³/mol. The molecule has 1 rings (SSSR count). The molecule has 0 aliphatic heterocycles. The summed E-state index contributed by atoms with van der Waals surface area (Å²) >= 11 is 3.42. The van der Waals surface area contributed by atoms with E-state index in [1.165, 1.54) is 5.56 Å². The summed E-state index contributed by atoms with van der Waals surface area (Å²) in [6, 6.07) is 8.47. The number of hydrogen-bond donors (Lipinski definition) is 1. The van der Waals surface area contributed by atoms with Gasteiger partial charge in [-0.1, -0.05) is 41.4 Å². The number of halogens is 1. The van der Waals surface area contributed by atoms with Crippen molar-refractivity contribution in [2.45, 2.75) is 19.8 Å². The molecule has 0 amide bonds. The summed E-state index contributed by atoms with van der Waals surface area (Å²) in [4.78, 5) is 0. The molecule has 0 unspecified atom stereocenters. The van der Waals surface area contributed by atoms with Gasteiger partial charge >= 0.3 is 0 Å². The maximum absolute atomic E-state index is 5.65. The van der Waals surface area contributed by atoms with Gasteiger partial charge in [-0.2, -0.15) is 0 Å². The van der Waals surface area contributed by atoms with Crippen LogP contribution in [0, 0.1) is 5.92 Å². The highest BCUT2D eigenvalue weighted by Crippen LogP contribution is 2.14. The van der Waals surface area contributed by atoms with Crippen LogP contribution in [-0.2, 0) is 6.42 Å². The van der Waals surface area contributed by atoms with E-state index in [9.17, 15) is 0 Å². The number of nitrogens with two attached hydrogens (primary N) is 1. The minimum atomic E-state index is 0.626. The van der Waals surface area contributed by atoms with Crippen molar-refractivity contribution in [2.75, 3.05) is 6.54 Å². The molecule has 13 heavy (non-hydrogen) atoms. The smallest absolute Gasteiger partial charge is 0.0175 e. The highest BCUT2D eigenvalue weighted by Gasteiger charge is 2.04. The highest BCUT2D eigenvalue weighted by atomic mass is 79.9. The van der Waals surface area contributed by atoms with Gasteiger partial charge in [-0.05, 0) is 36.6 Å². The Morgan fingerprint density at radius 2 is 1.92 bits per heavy atom. The zero-order valence-electron chi connectivity index (χ0n) is 7.96. The van der Waals surface area contributed by atoms with Crippen molar-refractivity contribution in [3.05, 3.63) is 34.3 Å². The summed E-state index contributed by atoms with van der Waals surface area (Å²) in [6.07, 6.45) is 2.26. The second kappa shape index (κ2) is 5.40. The summed E-state index contributed by atoms with van der Waals surface area (Å²) in [7, 11) is 0. The Kier molecular flexibility index (Phi) is 4.46. The molecule has 0 saturated carbocycles. The average Bonchev–Trinajstić information content (AvgIpc) is 2.17. The molecule has 2 N–H and O–H groups in total. The molecule has 2 heteroatoms. The third kappa shape index (κ3) is 3.49. The Morgan fingerprint density at radius 1 is 1.31 bits per heavy atom. The van der Waals surface area contributed by atoms with E-state index < -0.39 is 0 Å². The molecule has 0 aliphatic carbocycles. The predicted octanol–water partition coefficient (Wildman–Crippen LogP) is 2.98. The van der Waals surface area contributed by atoms with Crippen molar-refractivity contribution in [2.24, 2.45) is 11.7 Å². The monoisotopic (exact) mass is 241 g/mol. The van der Waals surface area contributed by atoms with E-state index in [0.29, 0.717) is 5.92 Å². The maximum Gasteiger partial charge on any atom is 0.0175 e. The third-order valence-corrected chi connectivity index (χ3v) is 2.88. The van der Waals surface area contributed by atoms with Crippen LogP contribution in [0.3, 0.4) is 0 Å².